The molecule has 1 heterocycles. The van der Waals surface area contributed by atoms with Crippen LogP contribution in [0.4, 0.5) is 0 Å². The van der Waals surface area contributed by atoms with Crippen LogP contribution in [0.2, 0.25) is 5.02 Å². The highest BCUT2D eigenvalue weighted by molar-refractivity contribution is 8.11. The number of nitrogens with zero attached hydrogens (tertiary/aromatic N) is 2. The Labute approximate surface area is 138 Å². The molecule has 0 unspecified atom stereocenters. The summed E-state index contributed by atoms with van der Waals surface area (Å²) in [5, 5.41) is 0.703. The zero-order valence-corrected chi connectivity index (χ0v) is 13.4. The Kier molecular flexibility index (Phi) is 4.10. The molecule has 104 valence electrons. The summed E-state index contributed by atoms with van der Waals surface area (Å²) in [6.07, 6.45) is 1.80. The molecule has 0 saturated heterocycles. The van der Waals surface area contributed by atoms with Crippen LogP contribution in [0.3, 0.4) is 0 Å². The molecule has 5 heteroatoms. The number of halogens is 1. The minimum absolute atomic E-state index is 0.457. The molecule has 0 fully saturated rings. The molecule has 1 aromatic heterocycles. The lowest BCUT2D eigenvalue weighted by Crippen LogP contribution is -2.05. The van der Waals surface area contributed by atoms with Gasteiger partial charge in [0.15, 0.2) is 5.82 Å². The number of thiocarbonyl (C=S) groups is 1. The van der Waals surface area contributed by atoms with Gasteiger partial charge in [0.25, 0.3) is 0 Å². The van der Waals surface area contributed by atoms with Gasteiger partial charge in [0.2, 0.25) is 0 Å². The highest BCUT2D eigenvalue weighted by atomic mass is 35.5. The predicted octanol–water partition coefficient (Wildman–Crippen LogP) is 4.80. The maximum Gasteiger partial charge on any atom is 0.162 e. The minimum atomic E-state index is 0.457. The minimum Gasteiger partial charge on any atom is -0.291 e. The summed E-state index contributed by atoms with van der Waals surface area (Å²) < 4.78 is 2.46. The van der Waals surface area contributed by atoms with Gasteiger partial charge < -0.3 is 0 Å². The van der Waals surface area contributed by atoms with Gasteiger partial charge in [-0.3, -0.25) is 4.57 Å². The Morgan fingerprint density at radius 2 is 1.71 bits per heavy atom. The zero-order valence-electron chi connectivity index (χ0n) is 10.9. The summed E-state index contributed by atoms with van der Waals surface area (Å²) in [5.41, 5.74) is 2.96. The number of hydrogen-bond acceptors (Lipinski definition) is 2. The average Bonchev–Trinajstić information content (AvgIpc) is 2.94. The van der Waals surface area contributed by atoms with E-state index in [1.807, 2.05) is 59.2 Å². The standard InChI is InChI=1S/C16H11ClN2S2/c17-12-8-6-11(7-9-12)14-10-18-15(16(20)21)19(14)13-4-2-1-3-5-13/h1-10H,(H,20,21). The molecule has 0 aliphatic rings. The van der Waals surface area contributed by atoms with E-state index in [1.54, 1.807) is 6.20 Å². The quantitative estimate of drug-likeness (QED) is 0.549. The van der Waals surface area contributed by atoms with Crippen molar-refractivity contribution in [2.75, 3.05) is 0 Å². The van der Waals surface area contributed by atoms with Crippen LogP contribution in [0.5, 0.6) is 0 Å². The fraction of sp³-hybridized carbons (Fsp3) is 0. The van der Waals surface area contributed by atoms with Gasteiger partial charge in [0.05, 0.1) is 11.9 Å². The summed E-state index contributed by atoms with van der Waals surface area (Å²) in [6.45, 7) is 0. The van der Waals surface area contributed by atoms with E-state index < -0.39 is 0 Å². The third-order valence-electron chi connectivity index (χ3n) is 3.11. The smallest absolute Gasteiger partial charge is 0.162 e. The maximum atomic E-state index is 5.96. The van der Waals surface area contributed by atoms with Gasteiger partial charge in [-0.05, 0) is 24.3 Å². The summed E-state index contributed by atoms with van der Waals surface area (Å²) in [7, 11) is 0. The maximum absolute atomic E-state index is 5.96. The zero-order chi connectivity index (χ0) is 14.8. The molecular formula is C16H11ClN2S2. The Bertz CT molecular complexity index is 780. The highest BCUT2D eigenvalue weighted by Crippen LogP contribution is 2.27. The molecule has 3 rings (SSSR count). The summed E-state index contributed by atoms with van der Waals surface area (Å²) >= 11 is 15.4. The van der Waals surface area contributed by atoms with Crippen molar-refractivity contribution < 1.29 is 0 Å². The Morgan fingerprint density at radius 3 is 2.33 bits per heavy atom. The van der Waals surface area contributed by atoms with Crippen LogP contribution in [-0.4, -0.2) is 13.7 Å². The fourth-order valence-electron chi connectivity index (χ4n) is 2.17. The lowest BCUT2D eigenvalue weighted by atomic mass is 10.1. The summed E-state index contributed by atoms with van der Waals surface area (Å²) in [5.74, 6) is 0.657. The molecule has 0 N–H and O–H groups in total. The van der Waals surface area contributed by atoms with Crippen molar-refractivity contribution in [1.82, 2.24) is 9.55 Å². The van der Waals surface area contributed by atoms with E-state index in [-0.39, 0.29) is 0 Å². The Balaban J connectivity index is 2.22. The monoisotopic (exact) mass is 330 g/mol. The average molecular weight is 331 g/mol. The van der Waals surface area contributed by atoms with Gasteiger partial charge >= 0.3 is 0 Å². The molecule has 2 nitrogen and oxygen atoms in total. The molecule has 0 bridgehead atoms. The van der Waals surface area contributed by atoms with Gasteiger partial charge in [0.1, 0.15) is 4.20 Å². The number of hydrogen-bond donors (Lipinski definition) is 1. The number of aromatic nitrogens is 2. The molecule has 0 saturated carbocycles. The molecule has 0 spiro atoms. The van der Waals surface area contributed by atoms with Crippen LogP contribution in [-0.2, 0) is 0 Å². The molecule has 0 aliphatic carbocycles. The Morgan fingerprint density at radius 1 is 1.05 bits per heavy atom. The number of para-hydroxylation sites is 1. The van der Waals surface area contributed by atoms with E-state index in [2.05, 4.69) is 17.6 Å². The first-order valence-corrected chi connectivity index (χ1v) is 7.52. The van der Waals surface area contributed by atoms with Gasteiger partial charge in [0, 0.05) is 16.3 Å². The van der Waals surface area contributed by atoms with Crippen molar-refractivity contribution in [3.63, 3.8) is 0 Å². The predicted molar refractivity (Wildman–Crippen MR) is 94.7 cm³/mol. The van der Waals surface area contributed by atoms with E-state index in [1.165, 1.54) is 0 Å². The second kappa shape index (κ2) is 6.02. The molecule has 0 amide bonds. The lowest BCUT2D eigenvalue weighted by Gasteiger charge is -2.11. The first kappa shape index (κ1) is 14.3. The van der Waals surface area contributed by atoms with Crippen LogP contribution in [0.1, 0.15) is 5.82 Å². The third kappa shape index (κ3) is 2.88. The second-order valence-electron chi connectivity index (χ2n) is 4.45. The fourth-order valence-corrected chi connectivity index (χ4v) is 2.59. The van der Waals surface area contributed by atoms with Gasteiger partial charge in [-0.1, -0.05) is 54.2 Å². The molecule has 3 aromatic rings. The first-order chi connectivity index (χ1) is 10.2. The normalized spacial score (nSPS) is 10.6. The van der Waals surface area contributed by atoms with Crippen LogP contribution in [0.25, 0.3) is 16.9 Å². The summed E-state index contributed by atoms with van der Waals surface area (Å²) in [4.78, 5) is 4.40. The van der Waals surface area contributed by atoms with Crippen molar-refractivity contribution >= 4 is 40.6 Å². The number of rotatable bonds is 3. The SMILES string of the molecule is S=C(S)c1ncc(-c2ccc(Cl)cc2)n1-c1ccccc1. The van der Waals surface area contributed by atoms with Gasteiger partial charge in [-0.25, -0.2) is 4.98 Å². The van der Waals surface area contributed by atoms with E-state index in [0.29, 0.717) is 15.0 Å². The largest absolute Gasteiger partial charge is 0.291 e. The topological polar surface area (TPSA) is 17.8 Å². The number of benzene rings is 2. The highest BCUT2D eigenvalue weighted by Gasteiger charge is 2.14. The molecule has 0 radical (unpaired) electrons. The van der Waals surface area contributed by atoms with Crippen molar-refractivity contribution in [3.05, 3.63) is 71.6 Å². The van der Waals surface area contributed by atoms with Crippen LogP contribution < -0.4 is 0 Å². The van der Waals surface area contributed by atoms with Crippen LogP contribution in [0.15, 0.2) is 60.8 Å². The van der Waals surface area contributed by atoms with E-state index >= 15 is 0 Å². The molecule has 21 heavy (non-hydrogen) atoms. The van der Waals surface area contributed by atoms with E-state index in [4.69, 9.17) is 23.8 Å². The molecule has 0 aliphatic heterocycles. The first-order valence-electron chi connectivity index (χ1n) is 6.29. The molecular weight excluding hydrogens is 320 g/mol. The van der Waals surface area contributed by atoms with Crippen molar-refractivity contribution in [2.45, 2.75) is 0 Å². The van der Waals surface area contributed by atoms with Crippen molar-refractivity contribution in [3.8, 4) is 16.9 Å². The van der Waals surface area contributed by atoms with Gasteiger partial charge in [-0.15, -0.1) is 12.6 Å². The van der Waals surface area contributed by atoms with Gasteiger partial charge in [-0.2, -0.15) is 0 Å². The Hall–Kier alpha value is -1.62. The molecule has 0 atom stereocenters. The lowest BCUT2D eigenvalue weighted by molar-refractivity contribution is 1.05. The van der Waals surface area contributed by atoms with E-state index in [0.717, 1.165) is 16.9 Å². The van der Waals surface area contributed by atoms with Crippen molar-refractivity contribution in [2.24, 2.45) is 0 Å². The second-order valence-corrected chi connectivity index (χ2v) is 6.04. The molecule has 2 aromatic carbocycles. The van der Waals surface area contributed by atoms with Crippen LogP contribution in [0, 0.1) is 0 Å². The van der Waals surface area contributed by atoms with Crippen LogP contribution >= 0.6 is 36.4 Å². The van der Waals surface area contributed by atoms with Crippen molar-refractivity contribution in [1.29, 1.82) is 0 Å². The summed E-state index contributed by atoms with van der Waals surface area (Å²) in [6, 6.07) is 17.6. The third-order valence-corrected chi connectivity index (χ3v) is 3.74. The number of imidazole rings is 1. The number of thiol groups is 1. The van der Waals surface area contributed by atoms with E-state index in [9.17, 15) is 0 Å².